The van der Waals surface area contributed by atoms with Crippen LogP contribution >= 0.6 is 43.2 Å². The van der Waals surface area contributed by atoms with Gasteiger partial charge in [0.2, 0.25) is 4.89 Å². The molecule has 0 amide bonds. The smallest absolute Gasteiger partial charge is 0.162 e. The molecule has 0 saturated heterocycles. The molecule has 13 heteroatoms. The van der Waals surface area contributed by atoms with Crippen LogP contribution in [0.2, 0.25) is 0 Å². The maximum Gasteiger partial charge on any atom is 0.480 e. The van der Waals surface area contributed by atoms with Gasteiger partial charge in [0.15, 0.2) is 0 Å². The van der Waals surface area contributed by atoms with Crippen LogP contribution in [0.4, 0.5) is 21.0 Å². The van der Waals surface area contributed by atoms with Gasteiger partial charge in [0.25, 0.3) is 0 Å². The van der Waals surface area contributed by atoms with E-state index in [0.717, 1.165) is 0 Å². The number of hydrogen-bond acceptors (Lipinski definition) is 1. The van der Waals surface area contributed by atoms with Crippen molar-refractivity contribution in [3.05, 3.63) is 0 Å². The lowest BCUT2D eigenvalue weighted by molar-refractivity contribution is 0.606. The molecule has 0 atom stereocenters. The Labute approximate surface area is 85.2 Å². The molecule has 0 aliphatic heterocycles. The van der Waals surface area contributed by atoms with Crippen LogP contribution in [0.25, 0.3) is 0 Å². The van der Waals surface area contributed by atoms with Gasteiger partial charge in [0.1, 0.15) is 0 Å². The summed E-state index contributed by atoms with van der Waals surface area (Å²) in [6, 6.07) is 0. The van der Waals surface area contributed by atoms with E-state index >= 15 is 0 Å². The minimum absolute atomic E-state index is 1.34. The summed E-state index contributed by atoms with van der Waals surface area (Å²) in [4.78, 5) is -3.75. The Balaban J connectivity index is 5.25. The second kappa shape index (κ2) is 4.46. The summed E-state index contributed by atoms with van der Waals surface area (Å²) in [7, 11) is -12.3. The molecule has 2 nitrogen and oxygen atoms in total. The highest BCUT2D eigenvalue weighted by Crippen LogP contribution is 2.75. The van der Waals surface area contributed by atoms with Gasteiger partial charge >= 0.3 is 15.8 Å². The number of rotatable bonds is 2. The summed E-state index contributed by atoms with van der Waals surface area (Å²) in [6.07, 6.45) is 0. The first kappa shape index (κ1) is 14.3. The van der Waals surface area contributed by atoms with Gasteiger partial charge in [0, 0.05) is 0 Å². The fourth-order valence-electron chi connectivity index (χ4n) is 0.265. The highest BCUT2D eigenvalue weighted by molar-refractivity contribution is 8.39. The minimum Gasteiger partial charge on any atom is -0.162 e. The lowest BCUT2D eigenvalue weighted by atomic mass is 13.9. The van der Waals surface area contributed by atoms with E-state index in [0.29, 0.717) is 0 Å². The molecule has 0 aromatic carbocycles. The molecule has 0 radical (unpaired) electrons. The van der Waals surface area contributed by atoms with Gasteiger partial charge in [-0.1, -0.05) is 0 Å². The highest BCUT2D eigenvalue weighted by atomic mass is 35.9. The quantitative estimate of drug-likeness (QED) is 0.425. The third-order valence-electron chi connectivity index (χ3n) is 0.421. The molecule has 0 bridgehead atoms. The molecular formula is Cl2F5N2P3S. The molecule has 0 aliphatic carbocycles. The van der Waals surface area contributed by atoms with E-state index in [1.165, 1.54) is 4.52 Å². The van der Waals surface area contributed by atoms with E-state index in [2.05, 4.69) is 16.3 Å². The van der Waals surface area contributed by atoms with Crippen molar-refractivity contribution >= 4 is 55.0 Å². The van der Waals surface area contributed by atoms with Crippen LogP contribution in [-0.2, 0) is 11.8 Å². The largest absolute Gasteiger partial charge is 0.480 e. The standard InChI is InChI=1S/Cl2F5N2P3S/c1-10(2,13)8-12(6,7)9-11(3,4)5. The molecule has 80 valence electrons. The van der Waals surface area contributed by atoms with Gasteiger partial charge in [-0.2, -0.15) is 4.52 Å². The molecule has 0 unspecified atom stereocenters. The second-order valence-corrected chi connectivity index (χ2v) is 11.8. The van der Waals surface area contributed by atoms with Crippen LogP contribution < -0.4 is 0 Å². The molecular weight excluding hydrogens is 319 g/mol. The Kier molecular flexibility index (Phi) is 4.92. The van der Waals surface area contributed by atoms with Crippen LogP contribution in [0.1, 0.15) is 0 Å². The molecule has 0 fully saturated rings. The van der Waals surface area contributed by atoms with Gasteiger partial charge in [-0.05, 0) is 34.3 Å². The maximum atomic E-state index is 12.3. The zero-order valence-electron chi connectivity index (χ0n) is 5.29. The lowest BCUT2D eigenvalue weighted by Crippen LogP contribution is -1.55. The number of hydrogen-bond donors (Lipinski definition) is 0. The third-order valence-corrected chi connectivity index (χ3v) is 5.66. The van der Waals surface area contributed by atoms with Crippen molar-refractivity contribution in [3.8, 4) is 0 Å². The summed E-state index contributed by atoms with van der Waals surface area (Å²) in [5, 5.41) is 0. The minimum atomic E-state index is -6.44. The normalized spacial score (nSPS) is 14.1. The predicted molar refractivity (Wildman–Crippen MR) is 50.2 cm³/mol. The summed E-state index contributed by atoms with van der Waals surface area (Å²) in [5.41, 5.74) is 0. The average molecular weight is 319 g/mol. The van der Waals surface area contributed by atoms with Gasteiger partial charge in [-0.25, -0.2) is 0 Å². The third kappa shape index (κ3) is 9.64. The molecule has 0 aromatic rings. The first-order chi connectivity index (χ1) is 5.41. The van der Waals surface area contributed by atoms with E-state index in [1.54, 1.807) is 0 Å². The van der Waals surface area contributed by atoms with Crippen LogP contribution in [0.15, 0.2) is 9.03 Å². The van der Waals surface area contributed by atoms with Crippen molar-refractivity contribution in [1.82, 2.24) is 0 Å². The van der Waals surface area contributed by atoms with Crippen molar-refractivity contribution in [2.24, 2.45) is 9.03 Å². The van der Waals surface area contributed by atoms with Crippen LogP contribution in [0.3, 0.4) is 0 Å². The molecule has 13 heavy (non-hydrogen) atoms. The molecule has 0 saturated carbocycles. The zero-order valence-corrected chi connectivity index (χ0v) is 10.3. The molecule has 0 aromatic heterocycles. The Morgan fingerprint density at radius 2 is 1.31 bits per heavy atom. The molecule has 0 spiro atoms. The van der Waals surface area contributed by atoms with Crippen molar-refractivity contribution in [2.45, 2.75) is 0 Å². The van der Waals surface area contributed by atoms with Crippen molar-refractivity contribution in [2.75, 3.05) is 0 Å². The molecule has 0 N–H and O–H groups in total. The monoisotopic (exact) mass is 318 g/mol. The first-order valence-electron chi connectivity index (χ1n) is 2.17. The van der Waals surface area contributed by atoms with E-state index in [1.807, 2.05) is 0 Å². The molecule has 0 heterocycles. The summed E-state index contributed by atoms with van der Waals surface area (Å²) in [5.74, 6) is 0. The van der Waals surface area contributed by atoms with E-state index in [-0.39, 0.29) is 0 Å². The number of nitrogens with zero attached hydrogens (tertiary/aromatic N) is 2. The molecule has 0 rings (SSSR count). The van der Waals surface area contributed by atoms with Crippen molar-refractivity contribution in [1.29, 1.82) is 0 Å². The second-order valence-electron chi connectivity index (χ2n) is 1.49. The molecule has 0 aliphatic rings. The Morgan fingerprint density at radius 3 is 1.54 bits per heavy atom. The summed E-state index contributed by atoms with van der Waals surface area (Å²) in [6.45, 7) is 0. The van der Waals surface area contributed by atoms with Crippen LogP contribution in [-0.4, -0.2) is 0 Å². The van der Waals surface area contributed by atoms with Crippen molar-refractivity contribution < 1.29 is 21.0 Å². The summed E-state index contributed by atoms with van der Waals surface area (Å²) < 4.78 is 62.5. The van der Waals surface area contributed by atoms with E-state index in [4.69, 9.17) is 22.5 Å². The fraction of sp³-hybridized carbons (Fsp3) is 0. The van der Waals surface area contributed by atoms with Crippen molar-refractivity contribution in [3.63, 3.8) is 0 Å². The average Bonchev–Trinajstić information content (AvgIpc) is 1.43. The zero-order chi connectivity index (χ0) is 10.9. The first-order valence-corrected chi connectivity index (χ1v) is 9.62. The van der Waals surface area contributed by atoms with E-state index in [9.17, 15) is 21.0 Å². The topological polar surface area (TPSA) is 24.7 Å². The predicted octanol–water partition coefficient (Wildman–Crippen LogP) is 6.43. The maximum absolute atomic E-state index is 12.3. The van der Waals surface area contributed by atoms with E-state index < -0.39 is 20.7 Å². The van der Waals surface area contributed by atoms with Crippen LogP contribution in [0, 0.1) is 0 Å². The fourth-order valence-corrected chi connectivity index (χ4v) is 4.96. The summed E-state index contributed by atoms with van der Waals surface area (Å²) >= 11 is 13.8. The lowest BCUT2D eigenvalue weighted by Gasteiger charge is -2.01. The number of halogens is 7. The van der Waals surface area contributed by atoms with Gasteiger partial charge in [-0.3, -0.25) is 0 Å². The van der Waals surface area contributed by atoms with Crippen LogP contribution in [0.5, 0.6) is 0 Å². The Bertz CT molecular complexity index is 325. The van der Waals surface area contributed by atoms with Gasteiger partial charge < -0.3 is 0 Å². The SMILES string of the molecule is FP(F)(F)=NP(F)(F)=NP(=S)(Cl)Cl. The Hall–Kier alpha value is 1.34. The highest BCUT2D eigenvalue weighted by Gasteiger charge is 2.28. The Morgan fingerprint density at radius 1 is 0.923 bits per heavy atom. The van der Waals surface area contributed by atoms with Gasteiger partial charge in [0.05, 0.1) is 0 Å². The van der Waals surface area contributed by atoms with Gasteiger partial charge in [-0.15, -0.1) is 25.5 Å².